The molecular weight excluding hydrogens is 388 g/mol. The smallest absolute Gasteiger partial charge is 0.115 e. The number of rotatable bonds is 5. The lowest BCUT2D eigenvalue weighted by Crippen LogP contribution is -2.57. The Morgan fingerprint density at radius 1 is 1.12 bits per heavy atom. The molecule has 26 heavy (non-hydrogen) atoms. The van der Waals surface area contributed by atoms with Crippen molar-refractivity contribution in [3.63, 3.8) is 0 Å². The summed E-state index contributed by atoms with van der Waals surface area (Å²) in [7, 11) is 0. The molecule has 0 spiro atoms. The summed E-state index contributed by atoms with van der Waals surface area (Å²) in [5, 5.41) is 10.0. The zero-order valence-corrected chi connectivity index (χ0v) is 17.1. The van der Waals surface area contributed by atoms with E-state index < -0.39 is 0 Å². The van der Waals surface area contributed by atoms with Crippen LogP contribution in [-0.2, 0) is 0 Å². The van der Waals surface area contributed by atoms with E-state index in [1.807, 2.05) is 18.2 Å². The van der Waals surface area contributed by atoms with Gasteiger partial charge in [-0.1, -0.05) is 46.3 Å². The molecule has 1 saturated heterocycles. The van der Waals surface area contributed by atoms with Gasteiger partial charge in [0, 0.05) is 36.2 Å². The summed E-state index contributed by atoms with van der Waals surface area (Å²) in [5.74, 6) is 0.313. The van der Waals surface area contributed by atoms with Gasteiger partial charge in [-0.15, -0.1) is 6.58 Å². The van der Waals surface area contributed by atoms with E-state index in [4.69, 9.17) is 0 Å². The molecule has 0 bridgehead atoms. The summed E-state index contributed by atoms with van der Waals surface area (Å²) in [5.41, 5.74) is 2.36. The zero-order chi connectivity index (χ0) is 18.7. The highest BCUT2D eigenvalue weighted by Gasteiger charge is 2.34. The molecule has 0 radical (unpaired) electrons. The minimum Gasteiger partial charge on any atom is -0.508 e. The lowest BCUT2D eigenvalue weighted by Gasteiger charge is -2.47. The fraction of sp³-hybridized carbons (Fsp3) is 0.364. The average Bonchev–Trinajstić information content (AvgIpc) is 2.60. The normalized spacial score (nSPS) is 22.9. The number of nitrogens with zero attached hydrogens (tertiary/aromatic N) is 2. The van der Waals surface area contributed by atoms with Gasteiger partial charge in [0.25, 0.3) is 0 Å². The monoisotopic (exact) mass is 414 g/mol. The molecule has 1 N–H and O–H groups in total. The molecule has 1 fully saturated rings. The number of phenolic OH excluding ortho intramolecular Hbond substituents is 1. The number of hydrogen-bond donors (Lipinski definition) is 1. The number of phenols is 1. The third-order valence-electron chi connectivity index (χ3n) is 5.21. The van der Waals surface area contributed by atoms with Crippen LogP contribution in [0.4, 0.5) is 0 Å². The summed E-state index contributed by atoms with van der Waals surface area (Å²) < 4.78 is 1.08. The predicted octanol–water partition coefficient (Wildman–Crippen LogP) is 4.82. The number of hydrogen-bond acceptors (Lipinski definition) is 3. The number of halogens is 1. The lowest BCUT2D eigenvalue weighted by molar-refractivity contribution is 0.0306. The van der Waals surface area contributed by atoms with E-state index in [0.29, 0.717) is 17.8 Å². The van der Waals surface area contributed by atoms with Crippen LogP contribution in [0.3, 0.4) is 0 Å². The summed E-state index contributed by atoms with van der Waals surface area (Å²) in [6.45, 7) is 11.4. The second-order valence-corrected chi connectivity index (χ2v) is 8.11. The summed E-state index contributed by atoms with van der Waals surface area (Å²) in [4.78, 5) is 5.04. The molecule has 1 aliphatic heterocycles. The average molecular weight is 415 g/mol. The van der Waals surface area contributed by atoms with Gasteiger partial charge in [0.05, 0.1) is 6.04 Å². The molecule has 0 unspecified atom stereocenters. The summed E-state index contributed by atoms with van der Waals surface area (Å²) in [6, 6.07) is 17.1. The molecule has 0 aliphatic carbocycles. The van der Waals surface area contributed by atoms with E-state index >= 15 is 0 Å². The number of piperazine rings is 1. The maximum atomic E-state index is 10.0. The first kappa shape index (κ1) is 19.2. The molecule has 4 heteroatoms. The second kappa shape index (κ2) is 8.38. The Kier molecular flexibility index (Phi) is 6.17. The topological polar surface area (TPSA) is 26.7 Å². The van der Waals surface area contributed by atoms with Crippen LogP contribution in [-0.4, -0.2) is 46.6 Å². The Morgan fingerprint density at radius 2 is 1.81 bits per heavy atom. The van der Waals surface area contributed by atoms with Gasteiger partial charge in [0.1, 0.15) is 5.75 Å². The van der Waals surface area contributed by atoms with Crippen molar-refractivity contribution in [1.82, 2.24) is 9.80 Å². The highest BCUT2D eigenvalue weighted by Crippen LogP contribution is 2.35. The van der Waals surface area contributed by atoms with Crippen LogP contribution in [0.25, 0.3) is 0 Å². The summed E-state index contributed by atoms with van der Waals surface area (Å²) in [6.07, 6.45) is 1.99. The SMILES string of the molecule is C=CCN1C[C@H](C)N([C@@H](c2cccc(O)c2)c2cccc(Br)c2)C[C@H]1C. The molecule has 1 heterocycles. The third kappa shape index (κ3) is 4.20. The second-order valence-electron chi connectivity index (χ2n) is 7.19. The van der Waals surface area contributed by atoms with Gasteiger partial charge in [-0.3, -0.25) is 9.80 Å². The third-order valence-corrected chi connectivity index (χ3v) is 5.70. The van der Waals surface area contributed by atoms with Gasteiger partial charge in [0.2, 0.25) is 0 Å². The van der Waals surface area contributed by atoms with Crippen LogP contribution in [0.15, 0.2) is 65.7 Å². The quantitative estimate of drug-likeness (QED) is 0.709. The molecule has 0 saturated carbocycles. The molecule has 138 valence electrons. The van der Waals surface area contributed by atoms with Crippen molar-refractivity contribution in [3.8, 4) is 5.75 Å². The largest absolute Gasteiger partial charge is 0.508 e. The molecular formula is C22H27BrN2O. The molecule has 2 aromatic carbocycles. The summed E-state index contributed by atoms with van der Waals surface area (Å²) >= 11 is 3.61. The first-order valence-electron chi connectivity index (χ1n) is 9.14. The zero-order valence-electron chi connectivity index (χ0n) is 15.5. The lowest BCUT2D eigenvalue weighted by atomic mass is 9.93. The van der Waals surface area contributed by atoms with Gasteiger partial charge in [0.15, 0.2) is 0 Å². The standard InChI is InChI=1S/C22H27BrN2O/c1-4-11-24-14-17(3)25(15-16(24)2)22(18-7-5-9-20(23)12-18)19-8-6-10-21(26)13-19/h4-10,12-13,16-17,22,26H,1,11,14-15H2,2-3H3/t16-,17+,22-/m1/s1. The van der Waals surface area contributed by atoms with Crippen molar-refractivity contribution in [3.05, 3.63) is 76.8 Å². The molecule has 2 aromatic rings. The van der Waals surface area contributed by atoms with Crippen molar-refractivity contribution in [2.75, 3.05) is 19.6 Å². The van der Waals surface area contributed by atoms with Crippen LogP contribution >= 0.6 is 15.9 Å². The van der Waals surface area contributed by atoms with Crippen molar-refractivity contribution >= 4 is 15.9 Å². The van der Waals surface area contributed by atoms with Crippen LogP contribution in [0, 0.1) is 0 Å². The van der Waals surface area contributed by atoms with Crippen LogP contribution in [0.1, 0.15) is 31.0 Å². The molecule has 0 aromatic heterocycles. The molecule has 1 aliphatic rings. The van der Waals surface area contributed by atoms with E-state index in [1.165, 1.54) is 5.56 Å². The maximum absolute atomic E-state index is 10.0. The van der Waals surface area contributed by atoms with E-state index in [0.717, 1.165) is 29.7 Å². The van der Waals surface area contributed by atoms with E-state index in [1.54, 1.807) is 6.07 Å². The number of aromatic hydroxyl groups is 1. The Hall–Kier alpha value is -1.62. The first-order chi connectivity index (χ1) is 12.5. The maximum Gasteiger partial charge on any atom is 0.115 e. The van der Waals surface area contributed by atoms with Gasteiger partial charge < -0.3 is 5.11 Å². The predicted molar refractivity (Wildman–Crippen MR) is 111 cm³/mol. The van der Waals surface area contributed by atoms with Crippen molar-refractivity contribution in [2.45, 2.75) is 32.0 Å². The minimum atomic E-state index is 0.114. The van der Waals surface area contributed by atoms with Gasteiger partial charge in [-0.25, -0.2) is 0 Å². The van der Waals surface area contributed by atoms with Crippen molar-refractivity contribution in [1.29, 1.82) is 0 Å². The van der Waals surface area contributed by atoms with Crippen LogP contribution < -0.4 is 0 Å². The fourth-order valence-electron chi connectivity index (χ4n) is 3.95. The van der Waals surface area contributed by atoms with E-state index in [9.17, 15) is 5.11 Å². The first-order valence-corrected chi connectivity index (χ1v) is 9.94. The highest BCUT2D eigenvalue weighted by molar-refractivity contribution is 9.10. The Labute approximate surface area is 165 Å². The van der Waals surface area contributed by atoms with E-state index in [-0.39, 0.29) is 6.04 Å². The van der Waals surface area contributed by atoms with Gasteiger partial charge >= 0.3 is 0 Å². The molecule has 3 atom stereocenters. The Bertz CT molecular complexity index is 718. The molecule has 3 rings (SSSR count). The van der Waals surface area contributed by atoms with Crippen molar-refractivity contribution < 1.29 is 5.11 Å². The van der Waals surface area contributed by atoms with Crippen molar-refractivity contribution in [2.24, 2.45) is 0 Å². The van der Waals surface area contributed by atoms with Gasteiger partial charge in [-0.05, 0) is 49.2 Å². The number of benzene rings is 2. The minimum absolute atomic E-state index is 0.114. The fourth-order valence-corrected chi connectivity index (χ4v) is 4.37. The van der Waals surface area contributed by atoms with Crippen LogP contribution in [0.5, 0.6) is 5.75 Å². The molecule has 3 nitrogen and oxygen atoms in total. The highest BCUT2D eigenvalue weighted by atomic mass is 79.9. The van der Waals surface area contributed by atoms with Gasteiger partial charge in [-0.2, -0.15) is 0 Å². The Morgan fingerprint density at radius 3 is 2.46 bits per heavy atom. The van der Waals surface area contributed by atoms with Crippen LogP contribution in [0.2, 0.25) is 0 Å². The Balaban J connectivity index is 1.99. The molecule has 0 amide bonds. The van der Waals surface area contributed by atoms with E-state index in [2.05, 4.69) is 76.5 Å².